The summed E-state index contributed by atoms with van der Waals surface area (Å²) in [6.07, 6.45) is 1.18. The zero-order valence-electron chi connectivity index (χ0n) is 28.7. The Bertz CT molecular complexity index is 1540. The molecule has 0 bridgehead atoms. The third-order valence-corrected chi connectivity index (χ3v) is 6.60. The molecule has 0 amide bonds. The summed E-state index contributed by atoms with van der Waals surface area (Å²) in [5, 5.41) is 9.34. The minimum absolute atomic E-state index is 0.0362. The molecule has 3 aromatic rings. The van der Waals surface area contributed by atoms with Crippen molar-refractivity contribution in [2.45, 2.75) is 85.0 Å². The van der Waals surface area contributed by atoms with E-state index in [0.29, 0.717) is 34.4 Å². The molecule has 0 aromatic heterocycles. The summed E-state index contributed by atoms with van der Waals surface area (Å²) in [5.74, 6) is -1.33. The Labute approximate surface area is 297 Å². The summed E-state index contributed by atoms with van der Waals surface area (Å²) in [6, 6.07) is 19.7. The van der Waals surface area contributed by atoms with Crippen LogP contribution in [0.25, 0.3) is 0 Å². The molecule has 0 radical (unpaired) electrons. The lowest BCUT2D eigenvalue weighted by atomic mass is 10.1. The number of ether oxygens (including phenoxy) is 5. The second-order valence-corrected chi connectivity index (χ2v) is 13.6. The maximum atomic E-state index is 11.9. The minimum Gasteiger partial charge on any atom is -0.481 e. The number of hydrogen-bond acceptors (Lipinski definition) is 9. The number of benzene rings is 3. The van der Waals surface area contributed by atoms with Crippen LogP contribution in [0.1, 0.15) is 71.1 Å². The van der Waals surface area contributed by atoms with E-state index in [1.54, 1.807) is 77.9 Å². The first-order chi connectivity index (χ1) is 22.9. The Morgan fingerprint density at radius 2 is 1.06 bits per heavy atom. The van der Waals surface area contributed by atoms with Crippen LogP contribution in [0.15, 0.2) is 66.7 Å². The minimum atomic E-state index is -0.864. The van der Waals surface area contributed by atoms with E-state index in [4.69, 9.17) is 52.0 Å². The van der Waals surface area contributed by atoms with E-state index in [-0.39, 0.29) is 38.6 Å². The van der Waals surface area contributed by atoms with E-state index in [1.165, 1.54) is 0 Å². The smallest absolute Gasteiger partial charge is 0.344 e. The highest BCUT2D eigenvalue weighted by Crippen LogP contribution is 2.27. The standard InChI is InChI=1S/C22H25ClO5.C15H19ClO5/c1-22(2,3)28-21(25)15-26-19-11-9-16(13-18(19)23)10-12-20(24)27-14-17-7-5-4-6-8-17;1-15(2,3)21-14(19)9-20-12-6-4-10(8-11(12)16)5-7-13(17)18/h4-9,11,13H,10,12,14-15H2,1-3H3;4,6,8H,5,7,9H2,1-3H3,(H,17,18). The number of aliphatic carboxylic acids is 1. The number of hydrogen-bond donors (Lipinski definition) is 1. The fourth-order valence-electron chi connectivity index (χ4n) is 3.96. The molecule has 3 rings (SSSR count). The van der Waals surface area contributed by atoms with E-state index in [2.05, 4.69) is 0 Å². The van der Waals surface area contributed by atoms with Crippen LogP contribution >= 0.6 is 23.2 Å². The number of halogens is 2. The quantitative estimate of drug-likeness (QED) is 0.130. The highest BCUT2D eigenvalue weighted by Gasteiger charge is 2.18. The molecule has 0 saturated heterocycles. The van der Waals surface area contributed by atoms with Gasteiger partial charge in [0.2, 0.25) is 0 Å². The predicted octanol–water partition coefficient (Wildman–Crippen LogP) is 7.81. The van der Waals surface area contributed by atoms with Gasteiger partial charge in [0.15, 0.2) is 13.2 Å². The van der Waals surface area contributed by atoms with Crippen molar-refractivity contribution >= 4 is 47.1 Å². The van der Waals surface area contributed by atoms with E-state index in [1.807, 2.05) is 30.3 Å². The second-order valence-electron chi connectivity index (χ2n) is 12.8. The molecule has 0 atom stereocenters. The SMILES string of the molecule is CC(C)(C)OC(=O)COc1ccc(CCC(=O)O)cc1Cl.CC(C)(C)OC(=O)COc1ccc(CCC(=O)OCc2ccccc2)cc1Cl. The molecule has 0 unspecified atom stereocenters. The van der Waals surface area contributed by atoms with Crippen LogP contribution in [0, 0.1) is 0 Å². The summed E-state index contributed by atoms with van der Waals surface area (Å²) in [7, 11) is 0. The first kappa shape index (κ1) is 40.9. The highest BCUT2D eigenvalue weighted by molar-refractivity contribution is 6.32. The van der Waals surface area contributed by atoms with E-state index >= 15 is 0 Å². The van der Waals surface area contributed by atoms with Gasteiger partial charge in [0.25, 0.3) is 0 Å². The maximum Gasteiger partial charge on any atom is 0.344 e. The Morgan fingerprint density at radius 1 is 0.612 bits per heavy atom. The number of aryl methyl sites for hydroxylation is 2. The third kappa shape index (κ3) is 18.2. The Morgan fingerprint density at radius 3 is 1.47 bits per heavy atom. The Kier molecular flexibility index (Phi) is 16.4. The molecular formula is C37H44Cl2O10. The molecular weight excluding hydrogens is 675 g/mol. The van der Waals surface area contributed by atoms with E-state index < -0.39 is 29.1 Å². The lowest BCUT2D eigenvalue weighted by molar-refractivity contribution is -0.158. The van der Waals surface area contributed by atoms with Gasteiger partial charge < -0.3 is 28.8 Å². The number of carbonyl (C=O) groups is 4. The molecule has 0 aliphatic carbocycles. The van der Waals surface area contributed by atoms with Crippen molar-refractivity contribution in [3.63, 3.8) is 0 Å². The Hall–Kier alpha value is -4.28. The molecule has 0 heterocycles. The number of rotatable bonds is 14. The Balaban J connectivity index is 0.000000355. The van der Waals surface area contributed by atoms with Crippen LogP contribution in [-0.2, 0) is 52.8 Å². The molecule has 0 fully saturated rings. The van der Waals surface area contributed by atoms with Crippen LogP contribution < -0.4 is 9.47 Å². The van der Waals surface area contributed by atoms with Crippen molar-refractivity contribution in [2.75, 3.05) is 13.2 Å². The van der Waals surface area contributed by atoms with Gasteiger partial charge in [-0.15, -0.1) is 0 Å². The van der Waals surface area contributed by atoms with E-state index in [9.17, 15) is 19.2 Å². The number of carboxylic acid groups (broad SMARTS) is 1. The second kappa shape index (κ2) is 19.7. The summed E-state index contributed by atoms with van der Waals surface area (Å²) < 4.78 is 26.3. The summed E-state index contributed by atoms with van der Waals surface area (Å²) >= 11 is 12.2. The fraction of sp³-hybridized carbons (Fsp3) is 0.405. The van der Waals surface area contributed by atoms with Crippen molar-refractivity contribution in [3.05, 3.63) is 93.5 Å². The summed E-state index contributed by atoms with van der Waals surface area (Å²) in [5.41, 5.74) is 1.50. The lowest BCUT2D eigenvalue weighted by Crippen LogP contribution is -2.27. The van der Waals surface area contributed by atoms with Gasteiger partial charge >= 0.3 is 23.9 Å². The van der Waals surface area contributed by atoms with Gasteiger partial charge in [-0.1, -0.05) is 65.7 Å². The van der Waals surface area contributed by atoms with Gasteiger partial charge in [0, 0.05) is 12.8 Å². The van der Waals surface area contributed by atoms with Crippen molar-refractivity contribution < 1.29 is 48.0 Å². The predicted molar refractivity (Wildman–Crippen MR) is 186 cm³/mol. The number of carboxylic acids is 1. The van der Waals surface area contributed by atoms with Crippen LogP contribution in [0.3, 0.4) is 0 Å². The van der Waals surface area contributed by atoms with Gasteiger partial charge in [0.05, 0.1) is 10.0 Å². The molecule has 266 valence electrons. The van der Waals surface area contributed by atoms with Gasteiger partial charge in [-0.25, -0.2) is 9.59 Å². The van der Waals surface area contributed by atoms with Crippen molar-refractivity contribution in [1.82, 2.24) is 0 Å². The fourth-order valence-corrected chi connectivity index (χ4v) is 4.47. The number of carbonyl (C=O) groups excluding carboxylic acids is 3. The monoisotopic (exact) mass is 718 g/mol. The average molecular weight is 720 g/mol. The van der Waals surface area contributed by atoms with Gasteiger partial charge in [0.1, 0.15) is 29.3 Å². The van der Waals surface area contributed by atoms with Gasteiger partial charge in [-0.05, 0) is 95.3 Å². The van der Waals surface area contributed by atoms with Crippen LogP contribution in [0.5, 0.6) is 11.5 Å². The maximum absolute atomic E-state index is 11.9. The molecule has 3 aromatic carbocycles. The van der Waals surface area contributed by atoms with Gasteiger partial charge in [-0.3, -0.25) is 9.59 Å². The third-order valence-electron chi connectivity index (χ3n) is 6.01. The first-order valence-electron chi connectivity index (χ1n) is 15.6. The summed E-state index contributed by atoms with van der Waals surface area (Å²) in [6.45, 7) is 10.5. The molecule has 10 nitrogen and oxygen atoms in total. The largest absolute Gasteiger partial charge is 0.481 e. The molecule has 0 aliphatic heterocycles. The molecule has 0 spiro atoms. The van der Waals surface area contributed by atoms with Crippen molar-refractivity contribution in [1.29, 1.82) is 0 Å². The zero-order valence-corrected chi connectivity index (χ0v) is 30.2. The lowest BCUT2D eigenvalue weighted by Gasteiger charge is -2.19. The normalized spacial score (nSPS) is 11.0. The van der Waals surface area contributed by atoms with Crippen LogP contribution in [0.4, 0.5) is 0 Å². The molecule has 12 heteroatoms. The van der Waals surface area contributed by atoms with Crippen LogP contribution in [-0.4, -0.2) is 53.4 Å². The first-order valence-corrected chi connectivity index (χ1v) is 16.3. The zero-order chi connectivity index (χ0) is 36.6. The van der Waals surface area contributed by atoms with Crippen LogP contribution in [0.2, 0.25) is 10.0 Å². The average Bonchev–Trinajstić information content (AvgIpc) is 3.00. The van der Waals surface area contributed by atoms with Gasteiger partial charge in [-0.2, -0.15) is 0 Å². The van der Waals surface area contributed by atoms with Crippen molar-refractivity contribution in [3.8, 4) is 11.5 Å². The highest BCUT2D eigenvalue weighted by atomic mass is 35.5. The number of esters is 3. The van der Waals surface area contributed by atoms with E-state index in [0.717, 1.165) is 16.7 Å². The van der Waals surface area contributed by atoms with Crippen molar-refractivity contribution in [2.24, 2.45) is 0 Å². The molecule has 49 heavy (non-hydrogen) atoms. The topological polar surface area (TPSA) is 135 Å². The summed E-state index contributed by atoms with van der Waals surface area (Å²) in [4.78, 5) is 45.7. The molecule has 0 saturated carbocycles. The molecule has 1 N–H and O–H groups in total. The molecule has 0 aliphatic rings.